The van der Waals surface area contributed by atoms with E-state index in [-0.39, 0.29) is 0 Å². The molecular formula is C15H30. The van der Waals surface area contributed by atoms with Crippen LogP contribution in [-0.4, -0.2) is 0 Å². The number of allylic oxidation sites excluding steroid dienone is 1. The third-order valence-electron chi connectivity index (χ3n) is 3.40. The van der Waals surface area contributed by atoms with Crippen molar-refractivity contribution in [2.45, 2.75) is 73.1 Å². The SMILES string of the molecule is C=C(CCC(C)(C)CCCCC)C(C)C. The molecule has 0 aliphatic carbocycles. The minimum Gasteiger partial charge on any atom is -0.0996 e. The molecule has 0 atom stereocenters. The molecule has 90 valence electrons. The molecule has 0 amide bonds. The molecule has 0 radical (unpaired) electrons. The summed E-state index contributed by atoms with van der Waals surface area (Å²) in [6, 6.07) is 0. The van der Waals surface area contributed by atoms with Gasteiger partial charge in [-0.15, -0.1) is 0 Å². The van der Waals surface area contributed by atoms with Crippen LogP contribution in [0, 0.1) is 11.3 Å². The molecule has 0 N–H and O–H groups in total. The summed E-state index contributed by atoms with van der Waals surface area (Å²) in [7, 11) is 0. The Kier molecular flexibility index (Phi) is 6.96. The zero-order valence-electron chi connectivity index (χ0n) is 11.5. The van der Waals surface area contributed by atoms with Gasteiger partial charge in [-0.2, -0.15) is 0 Å². The summed E-state index contributed by atoms with van der Waals surface area (Å²) in [5.41, 5.74) is 1.92. The Hall–Kier alpha value is -0.260. The average Bonchev–Trinajstić information content (AvgIpc) is 2.14. The lowest BCUT2D eigenvalue weighted by molar-refractivity contribution is 0.293. The summed E-state index contributed by atoms with van der Waals surface area (Å²) in [5.74, 6) is 0.649. The normalized spacial score (nSPS) is 12.1. The second-order valence-corrected chi connectivity index (χ2v) is 5.93. The van der Waals surface area contributed by atoms with E-state index in [1.165, 1.54) is 44.1 Å². The van der Waals surface area contributed by atoms with Gasteiger partial charge >= 0.3 is 0 Å². The van der Waals surface area contributed by atoms with Gasteiger partial charge in [0.05, 0.1) is 0 Å². The van der Waals surface area contributed by atoms with Gasteiger partial charge in [-0.05, 0) is 30.6 Å². The number of hydrogen-bond donors (Lipinski definition) is 0. The van der Waals surface area contributed by atoms with Crippen LogP contribution < -0.4 is 0 Å². The molecule has 0 aliphatic rings. The fourth-order valence-electron chi connectivity index (χ4n) is 1.77. The summed E-state index contributed by atoms with van der Waals surface area (Å²) in [4.78, 5) is 0. The van der Waals surface area contributed by atoms with Gasteiger partial charge in [0, 0.05) is 0 Å². The molecule has 0 fully saturated rings. The zero-order valence-corrected chi connectivity index (χ0v) is 11.5. The van der Waals surface area contributed by atoms with Crippen LogP contribution in [-0.2, 0) is 0 Å². The highest BCUT2D eigenvalue weighted by Gasteiger charge is 2.17. The Morgan fingerprint density at radius 3 is 2.20 bits per heavy atom. The first kappa shape index (κ1) is 14.7. The van der Waals surface area contributed by atoms with Crippen LogP contribution in [0.25, 0.3) is 0 Å². The molecule has 0 saturated carbocycles. The van der Waals surface area contributed by atoms with Crippen molar-refractivity contribution in [2.24, 2.45) is 11.3 Å². The lowest BCUT2D eigenvalue weighted by Gasteiger charge is -2.25. The highest BCUT2D eigenvalue weighted by molar-refractivity contribution is 4.98. The van der Waals surface area contributed by atoms with Gasteiger partial charge in [0.1, 0.15) is 0 Å². The molecule has 0 aromatic carbocycles. The zero-order chi connectivity index (χ0) is 11.9. The third-order valence-corrected chi connectivity index (χ3v) is 3.40. The van der Waals surface area contributed by atoms with E-state index in [0.717, 1.165) is 0 Å². The van der Waals surface area contributed by atoms with E-state index in [4.69, 9.17) is 0 Å². The molecule has 0 aliphatic heterocycles. The molecule has 0 heterocycles. The molecule has 0 spiro atoms. The first-order chi connectivity index (χ1) is 6.89. The van der Waals surface area contributed by atoms with Crippen molar-refractivity contribution in [1.29, 1.82) is 0 Å². The van der Waals surface area contributed by atoms with E-state index in [1.807, 2.05) is 0 Å². The third kappa shape index (κ3) is 7.64. The highest BCUT2D eigenvalue weighted by Crippen LogP contribution is 2.31. The van der Waals surface area contributed by atoms with E-state index in [0.29, 0.717) is 11.3 Å². The monoisotopic (exact) mass is 210 g/mol. The summed E-state index contributed by atoms with van der Waals surface area (Å²) >= 11 is 0. The maximum Gasteiger partial charge on any atom is -0.0263 e. The Labute approximate surface area is 97.2 Å². The molecular weight excluding hydrogens is 180 g/mol. The first-order valence-corrected chi connectivity index (χ1v) is 6.56. The largest absolute Gasteiger partial charge is 0.0996 e. The molecule has 0 unspecified atom stereocenters. The van der Waals surface area contributed by atoms with Gasteiger partial charge in [-0.3, -0.25) is 0 Å². The predicted molar refractivity (Wildman–Crippen MR) is 71.1 cm³/mol. The highest BCUT2D eigenvalue weighted by atomic mass is 14.2. The lowest BCUT2D eigenvalue weighted by atomic mass is 9.80. The van der Waals surface area contributed by atoms with E-state index < -0.39 is 0 Å². The van der Waals surface area contributed by atoms with E-state index in [1.54, 1.807) is 0 Å². The summed E-state index contributed by atoms with van der Waals surface area (Å²) in [6.45, 7) is 15.7. The Morgan fingerprint density at radius 2 is 1.73 bits per heavy atom. The van der Waals surface area contributed by atoms with Crippen molar-refractivity contribution >= 4 is 0 Å². The number of hydrogen-bond acceptors (Lipinski definition) is 0. The summed E-state index contributed by atoms with van der Waals surface area (Å²) < 4.78 is 0. The Bertz CT molecular complexity index is 174. The van der Waals surface area contributed by atoms with E-state index in [2.05, 4.69) is 41.2 Å². The van der Waals surface area contributed by atoms with Crippen molar-refractivity contribution < 1.29 is 0 Å². The summed E-state index contributed by atoms with van der Waals surface area (Å²) in [6.07, 6.45) is 7.97. The van der Waals surface area contributed by atoms with Crippen molar-refractivity contribution in [3.63, 3.8) is 0 Å². The summed E-state index contributed by atoms with van der Waals surface area (Å²) in [5, 5.41) is 0. The fourth-order valence-corrected chi connectivity index (χ4v) is 1.77. The molecule has 15 heavy (non-hydrogen) atoms. The standard InChI is InChI=1S/C15H30/c1-7-8-9-11-15(5,6)12-10-14(4)13(2)3/h13H,4,7-12H2,1-3,5-6H3. The van der Waals surface area contributed by atoms with Crippen molar-refractivity contribution in [2.75, 3.05) is 0 Å². The van der Waals surface area contributed by atoms with Crippen molar-refractivity contribution in [1.82, 2.24) is 0 Å². The van der Waals surface area contributed by atoms with Crippen molar-refractivity contribution in [3.8, 4) is 0 Å². The lowest BCUT2D eigenvalue weighted by Crippen LogP contribution is -2.12. The second-order valence-electron chi connectivity index (χ2n) is 5.93. The molecule has 0 nitrogen and oxygen atoms in total. The van der Waals surface area contributed by atoms with Crippen molar-refractivity contribution in [3.05, 3.63) is 12.2 Å². The quantitative estimate of drug-likeness (QED) is 0.362. The topological polar surface area (TPSA) is 0 Å². The van der Waals surface area contributed by atoms with E-state index >= 15 is 0 Å². The first-order valence-electron chi connectivity index (χ1n) is 6.56. The molecule has 0 aromatic heterocycles. The fraction of sp³-hybridized carbons (Fsp3) is 0.867. The minimum atomic E-state index is 0.507. The van der Waals surface area contributed by atoms with E-state index in [9.17, 15) is 0 Å². The average molecular weight is 210 g/mol. The van der Waals surface area contributed by atoms with Gasteiger partial charge in [0.15, 0.2) is 0 Å². The minimum absolute atomic E-state index is 0.507. The van der Waals surface area contributed by atoms with Crippen LogP contribution in [0.15, 0.2) is 12.2 Å². The molecule has 0 heteroatoms. The maximum absolute atomic E-state index is 4.15. The maximum atomic E-state index is 4.15. The number of unbranched alkanes of at least 4 members (excludes halogenated alkanes) is 2. The van der Waals surface area contributed by atoms with Gasteiger partial charge in [-0.1, -0.05) is 66.0 Å². The predicted octanol–water partition coefficient (Wildman–Crippen LogP) is 5.59. The van der Waals surface area contributed by atoms with Gasteiger partial charge in [0.25, 0.3) is 0 Å². The second kappa shape index (κ2) is 7.09. The molecule has 0 saturated heterocycles. The van der Waals surface area contributed by atoms with Gasteiger partial charge in [-0.25, -0.2) is 0 Å². The smallest absolute Gasteiger partial charge is 0.0263 e. The van der Waals surface area contributed by atoms with Gasteiger partial charge in [0.2, 0.25) is 0 Å². The van der Waals surface area contributed by atoms with Crippen LogP contribution in [0.1, 0.15) is 73.1 Å². The molecule has 0 aromatic rings. The van der Waals surface area contributed by atoms with Gasteiger partial charge < -0.3 is 0 Å². The molecule has 0 bridgehead atoms. The van der Waals surface area contributed by atoms with Crippen LogP contribution >= 0.6 is 0 Å². The Balaban J connectivity index is 3.77. The number of rotatable bonds is 8. The van der Waals surface area contributed by atoms with Crippen LogP contribution in [0.2, 0.25) is 0 Å². The Morgan fingerprint density at radius 1 is 1.13 bits per heavy atom. The van der Waals surface area contributed by atoms with Crippen LogP contribution in [0.4, 0.5) is 0 Å². The molecule has 0 rings (SSSR count). The van der Waals surface area contributed by atoms with Crippen LogP contribution in [0.3, 0.4) is 0 Å². The van der Waals surface area contributed by atoms with Crippen LogP contribution in [0.5, 0.6) is 0 Å².